The minimum Gasteiger partial charge on any atom is -0.822 e. The maximum Gasteiger partial charge on any atom is 2.00 e. The van der Waals surface area contributed by atoms with Crippen LogP contribution in [0.1, 0.15) is 0 Å². The molecule has 4 N–H and O–H groups in total. The molecule has 0 aromatic carbocycles. The molecule has 0 spiro atoms. The van der Waals surface area contributed by atoms with Crippen LogP contribution >= 0.6 is 7.82 Å². The van der Waals surface area contributed by atoms with Gasteiger partial charge in [-0.15, -0.1) is 0 Å². The van der Waals surface area contributed by atoms with E-state index in [1.54, 1.807) is 0 Å². The molecule has 0 rings (SSSR count). The maximum atomic E-state index is 8.55. The fraction of sp³-hybridized carbons (Fsp3) is 0. The normalized spacial score (nSPS) is 6.56. The third-order valence-electron chi connectivity index (χ3n) is 0. The Kier molecular flexibility index (Phi) is 47.5. The van der Waals surface area contributed by atoms with Crippen LogP contribution in [0, 0.1) is 0 Å². The second kappa shape index (κ2) is 14.6. The average Bonchev–Trinajstić information content (AvgIpc) is 0.722. The number of phosphoric acid groups is 1. The first kappa shape index (κ1) is 29.2. The van der Waals surface area contributed by atoms with Gasteiger partial charge in [-0.25, -0.2) is 0 Å². The fourth-order valence-electron chi connectivity index (χ4n) is 0. The van der Waals surface area contributed by atoms with Gasteiger partial charge in [-0.1, -0.05) is 0 Å². The van der Waals surface area contributed by atoms with Crippen LogP contribution in [0.5, 0.6) is 0 Å². The molecule has 0 amide bonds. The van der Waals surface area contributed by atoms with Gasteiger partial charge in [0.1, 0.15) is 0 Å². The van der Waals surface area contributed by atoms with Crippen LogP contribution in [-0.4, -0.2) is 23.1 Å². The van der Waals surface area contributed by atoms with E-state index >= 15 is 0 Å². The third-order valence-corrected chi connectivity index (χ3v) is 0. The molecule has 0 unspecified atom stereocenters. The van der Waals surface area contributed by atoms with Crippen molar-refractivity contribution >= 4 is 30.9 Å². The van der Waals surface area contributed by atoms with Crippen LogP contribution in [0.3, 0.4) is 0 Å². The van der Waals surface area contributed by atoms with Crippen LogP contribution in [0.2, 0.25) is 0 Å². The quantitative estimate of drug-likeness (QED) is 0.318. The molecule has 0 aromatic rings. The van der Waals surface area contributed by atoms with Crippen molar-refractivity contribution in [2.24, 2.45) is 0 Å². The van der Waals surface area contributed by atoms with Gasteiger partial charge >= 0.3 is 126 Å². The number of hydrogen-bond acceptors (Lipinski definition) is 4. The predicted molar refractivity (Wildman–Crippen MR) is 19.3 cm³/mol. The Bertz CT molecular complexity index is 64.7. The number of quaternary nitrogens is 1. The molecule has 0 aliphatic rings. The summed E-state index contributed by atoms with van der Waals surface area (Å²) in [5.41, 5.74) is 0. The molecule has 0 radical (unpaired) electrons. The zero-order chi connectivity index (χ0) is 4.50. The van der Waals surface area contributed by atoms with Gasteiger partial charge in [-0.2, -0.15) is 7.82 Å². The van der Waals surface area contributed by atoms with E-state index < -0.39 is 7.82 Å². The van der Waals surface area contributed by atoms with Gasteiger partial charge in [0.15, 0.2) is 0 Å². The van der Waals surface area contributed by atoms with Crippen LogP contribution in [0.15, 0.2) is 0 Å². The molecule has 0 bridgehead atoms. The van der Waals surface area contributed by atoms with Gasteiger partial charge in [-0.05, 0) is 0 Å². The second-order valence-electron chi connectivity index (χ2n) is 0.447. The van der Waals surface area contributed by atoms with Crippen LogP contribution in [-0.2, 0) is 4.57 Å². The molecule has 0 atom stereocenters. The zero-order valence-electron chi connectivity index (χ0n) is 5.79. The molecule has 0 fully saturated rings. The number of rotatable bonds is 0. The molecule has 0 aliphatic carbocycles. The van der Waals surface area contributed by atoms with E-state index in [9.17, 15) is 0 Å². The smallest absolute Gasteiger partial charge is 0.822 e. The van der Waals surface area contributed by atoms with Crippen molar-refractivity contribution in [1.82, 2.24) is 6.15 Å². The van der Waals surface area contributed by atoms with E-state index in [1.807, 2.05) is 0 Å². The Morgan fingerprint density at radius 3 is 1.00 bits per heavy atom. The van der Waals surface area contributed by atoms with Gasteiger partial charge in [0, 0.05) is 0 Å². The standard InChI is InChI=1S/2K.Mg.H3N.H3O4P/c;;;;1-5(2,3)4/h;;;1H3;(H3,1,2,3,4)/q2*+1;+2;;/p-2. The molecule has 0 saturated heterocycles. The summed E-state index contributed by atoms with van der Waals surface area (Å²) in [6.07, 6.45) is 0. The van der Waals surface area contributed by atoms with Crippen LogP contribution in [0.25, 0.3) is 0 Å². The fourth-order valence-corrected chi connectivity index (χ4v) is 0. The summed E-state index contributed by atoms with van der Waals surface area (Å²) in [5.74, 6) is 0. The Morgan fingerprint density at radius 1 is 1.00 bits per heavy atom. The molecule has 0 heterocycles. The van der Waals surface area contributed by atoms with Crippen molar-refractivity contribution in [1.29, 1.82) is 0 Å². The van der Waals surface area contributed by atoms with E-state index in [4.69, 9.17) is 19.2 Å². The number of hydrogen-bond donors (Lipinski definition) is 1. The third kappa shape index (κ3) is 73.3. The maximum absolute atomic E-state index is 8.55. The first-order valence-electron chi connectivity index (χ1n) is 0.730. The molecule has 5 nitrogen and oxygen atoms in total. The predicted octanol–water partition coefficient (Wildman–Crippen LogP) is -8.82. The van der Waals surface area contributed by atoms with E-state index in [2.05, 4.69) is 0 Å². The average molecular weight is 216 g/mol. The van der Waals surface area contributed by atoms with Crippen molar-refractivity contribution in [3.05, 3.63) is 0 Å². The van der Waals surface area contributed by atoms with Crippen molar-refractivity contribution in [2.45, 2.75) is 0 Å². The van der Waals surface area contributed by atoms with E-state index in [1.165, 1.54) is 0 Å². The minimum atomic E-state index is -5.39. The van der Waals surface area contributed by atoms with Crippen LogP contribution < -0.4 is 124 Å². The first-order chi connectivity index (χ1) is 2.00. The van der Waals surface area contributed by atoms with Gasteiger partial charge in [0.2, 0.25) is 0 Å². The second-order valence-corrected chi connectivity index (χ2v) is 1.34. The molecule has 0 aliphatic heterocycles. The van der Waals surface area contributed by atoms with Gasteiger partial charge in [-0.3, -0.25) is 0 Å². The van der Waals surface area contributed by atoms with Crippen molar-refractivity contribution in [2.75, 3.05) is 0 Å². The largest absolute Gasteiger partial charge is 2.00 e. The van der Waals surface area contributed by atoms with Crippen molar-refractivity contribution < 1.29 is 122 Å². The summed E-state index contributed by atoms with van der Waals surface area (Å²) >= 11 is 0. The molecule has 0 aromatic heterocycles. The van der Waals surface area contributed by atoms with Crippen molar-refractivity contribution in [3.63, 3.8) is 0 Å². The monoisotopic (exact) mass is 215 g/mol. The molecule has 0 saturated carbocycles. The Hall–Kier alpha value is 4.11. The first-order valence-corrected chi connectivity index (χ1v) is 2.19. The summed E-state index contributed by atoms with van der Waals surface area (Å²) in [5, 5.41) is 0. The topological polar surface area (TPSA) is 123 Å². The summed E-state index contributed by atoms with van der Waals surface area (Å²) in [7, 11) is -5.39. The minimum absolute atomic E-state index is 0. The summed E-state index contributed by atoms with van der Waals surface area (Å²) < 4.78 is 8.55. The molecule has 9 heavy (non-hydrogen) atoms. The summed E-state index contributed by atoms with van der Waals surface area (Å²) in [4.78, 5) is 25.6. The van der Waals surface area contributed by atoms with Gasteiger partial charge < -0.3 is 25.4 Å². The summed E-state index contributed by atoms with van der Waals surface area (Å²) in [6.45, 7) is 0. The Morgan fingerprint density at radius 2 is 1.00 bits per heavy atom. The van der Waals surface area contributed by atoms with E-state index in [-0.39, 0.29) is 132 Å². The Labute approximate surface area is 155 Å². The Balaban J connectivity index is -0.0000000133. The SMILES string of the molecule is O=P([O-])([O-])[O-].[K+].[K+].[Mg+2].[NH4+]. The molecule has 40 valence electrons. The zero-order valence-corrected chi connectivity index (χ0v) is 14.3. The van der Waals surface area contributed by atoms with Crippen LogP contribution in [0.4, 0.5) is 0 Å². The van der Waals surface area contributed by atoms with Gasteiger partial charge in [0.05, 0.1) is 0 Å². The molecule has 9 heteroatoms. The van der Waals surface area contributed by atoms with E-state index in [0.717, 1.165) is 0 Å². The summed E-state index contributed by atoms with van der Waals surface area (Å²) in [6, 6.07) is 0. The van der Waals surface area contributed by atoms with E-state index in [0.29, 0.717) is 0 Å². The van der Waals surface area contributed by atoms with Gasteiger partial charge in [0.25, 0.3) is 0 Å². The molecular weight excluding hydrogens is 211 g/mol. The van der Waals surface area contributed by atoms with Crippen molar-refractivity contribution in [3.8, 4) is 0 Å². The molecular formula is H4K2MgNO4P+2.